The third-order valence-electron chi connectivity index (χ3n) is 1.88. The van der Waals surface area contributed by atoms with E-state index < -0.39 is 14.6 Å². The van der Waals surface area contributed by atoms with Gasteiger partial charge in [-0.3, -0.25) is 0 Å². The molecule has 0 radical (unpaired) electrons. The number of hydrogen-bond donors (Lipinski definition) is 1. The van der Waals surface area contributed by atoms with Crippen LogP contribution in [0.5, 0.6) is 0 Å². The number of nitrogens with zero attached hydrogens (tertiary/aromatic N) is 2. The van der Waals surface area contributed by atoms with Crippen LogP contribution in [0.15, 0.2) is 0 Å². The zero-order valence-corrected chi connectivity index (χ0v) is 9.24. The molecule has 0 aliphatic heterocycles. The van der Waals surface area contributed by atoms with Crippen LogP contribution in [-0.2, 0) is 14.6 Å². The fourth-order valence-corrected chi connectivity index (χ4v) is 2.14. The van der Waals surface area contributed by atoms with Gasteiger partial charge in [0.05, 0.1) is 0 Å². The average molecular weight is 221 g/mol. The number of anilines is 1. The minimum atomic E-state index is -3.19. The second-order valence-electron chi connectivity index (χ2n) is 3.24. The lowest BCUT2D eigenvalue weighted by Gasteiger charge is -2.18. The van der Waals surface area contributed by atoms with Crippen molar-refractivity contribution in [1.82, 2.24) is 9.36 Å². The Morgan fingerprint density at radius 2 is 2.00 bits per heavy atom. The van der Waals surface area contributed by atoms with Crippen molar-refractivity contribution < 1.29 is 8.42 Å². The molecule has 0 saturated carbocycles. The molecule has 2 N–H and O–H groups in total. The first kappa shape index (κ1) is 10.4. The highest BCUT2D eigenvalue weighted by Gasteiger charge is 2.35. The van der Waals surface area contributed by atoms with Gasteiger partial charge in [-0.15, -0.1) is 0 Å². The van der Waals surface area contributed by atoms with Crippen molar-refractivity contribution in [3.63, 3.8) is 0 Å². The smallest absolute Gasteiger partial charge is 0.232 e. The summed E-state index contributed by atoms with van der Waals surface area (Å²) in [6.45, 7) is 3.17. The summed E-state index contributed by atoms with van der Waals surface area (Å²) in [7, 11) is -3.19. The Balaban J connectivity index is 3.23. The number of hydrogen-bond acceptors (Lipinski definition) is 6. The van der Waals surface area contributed by atoms with E-state index in [1.165, 1.54) is 6.26 Å². The lowest BCUT2D eigenvalue weighted by atomic mass is 10.2. The maximum Gasteiger partial charge on any atom is 0.232 e. The van der Waals surface area contributed by atoms with E-state index in [2.05, 4.69) is 9.36 Å². The van der Waals surface area contributed by atoms with Gasteiger partial charge in [-0.1, -0.05) is 0 Å². The van der Waals surface area contributed by atoms with Crippen LogP contribution in [-0.4, -0.2) is 24.0 Å². The van der Waals surface area contributed by atoms with Gasteiger partial charge >= 0.3 is 0 Å². The SMILES string of the molecule is CC(C)(c1nc(N)ns1)S(C)(=O)=O. The topological polar surface area (TPSA) is 85.9 Å². The normalized spacial score (nSPS) is 13.2. The Morgan fingerprint density at radius 3 is 2.31 bits per heavy atom. The van der Waals surface area contributed by atoms with Crippen molar-refractivity contribution in [2.24, 2.45) is 0 Å². The number of sulfone groups is 1. The maximum atomic E-state index is 11.4. The zero-order valence-electron chi connectivity index (χ0n) is 7.60. The van der Waals surface area contributed by atoms with E-state index in [0.717, 1.165) is 11.5 Å². The molecule has 13 heavy (non-hydrogen) atoms. The second-order valence-corrected chi connectivity index (χ2v) is 6.56. The highest BCUT2D eigenvalue weighted by atomic mass is 32.2. The highest BCUT2D eigenvalue weighted by molar-refractivity contribution is 7.91. The molecule has 0 unspecified atom stereocenters. The third-order valence-corrected chi connectivity index (χ3v) is 5.11. The summed E-state index contributed by atoms with van der Waals surface area (Å²) in [5.41, 5.74) is 5.31. The summed E-state index contributed by atoms with van der Waals surface area (Å²) in [5, 5.41) is 0.424. The van der Waals surface area contributed by atoms with Gasteiger partial charge in [0.15, 0.2) is 9.84 Å². The van der Waals surface area contributed by atoms with Crippen molar-refractivity contribution >= 4 is 27.3 Å². The Morgan fingerprint density at radius 1 is 1.46 bits per heavy atom. The maximum absolute atomic E-state index is 11.4. The van der Waals surface area contributed by atoms with E-state index in [-0.39, 0.29) is 5.95 Å². The van der Waals surface area contributed by atoms with Gasteiger partial charge in [-0.25, -0.2) is 13.4 Å². The molecule has 0 aromatic carbocycles. The molecular weight excluding hydrogens is 210 g/mol. The monoisotopic (exact) mass is 221 g/mol. The van der Waals surface area contributed by atoms with E-state index in [9.17, 15) is 8.42 Å². The number of aromatic nitrogens is 2. The summed E-state index contributed by atoms with van der Waals surface area (Å²) in [4.78, 5) is 3.85. The molecule has 0 fully saturated rings. The van der Waals surface area contributed by atoms with Gasteiger partial charge in [0.25, 0.3) is 0 Å². The molecule has 7 heteroatoms. The summed E-state index contributed by atoms with van der Waals surface area (Å²) >= 11 is 1.02. The molecule has 5 nitrogen and oxygen atoms in total. The van der Waals surface area contributed by atoms with E-state index >= 15 is 0 Å². The van der Waals surface area contributed by atoms with E-state index in [4.69, 9.17) is 5.73 Å². The van der Waals surface area contributed by atoms with E-state index in [0.29, 0.717) is 5.01 Å². The fourth-order valence-electron chi connectivity index (χ4n) is 0.638. The molecule has 0 aliphatic rings. The van der Waals surface area contributed by atoms with Gasteiger partial charge in [0, 0.05) is 6.26 Å². The third kappa shape index (κ3) is 1.80. The van der Waals surface area contributed by atoms with E-state index in [1.807, 2.05) is 0 Å². The van der Waals surface area contributed by atoms with Crippen LogP contribution in [0.3, 0.4) is 0 Å². The first-order valence-electron chi connectivity index (χ1n) is 3.54. The van der Waals surface area contributed by atoms with Crippen LogP contribution < -0.4 is 5.73 Å². The highest BCUT2D eigenvalue weighted by Crippen LogP contribution is 2.30. The van der Waals surface area contributed by atoms with Crippen LogP contribution in [0.4, 0.5) is 5.95 Å². The molecule has 0 spiro atoms. The first-order chi connectivity index (χ1) is 5.75. The first-order valence-corrected chi connectivity index (χ1v) is 6.21. The molecule has 1 rings (SSSR count). The van der Waals surface area contributed by atoms with Crippen LogP contribution >= 0.6 is 11.5 Å². The predicted octanol–water partition coefficient (Wildman–Crippen LogP) is 0.400. The van der Waals surface area contributed by atoms with Gasteiger partial charge in [0.2, 0.25) is 5.95 Å². The Labute approximate surface area is 81.1 Å². The molecule has 0 amide bonds. The van der Waals surface area contributed by atoms with Crippen LogP contribution in [0.2, 0.25) is 0 Å². The summed E-state index contributed by atoms with van der Waals surface area (Å²) in [5.74, 6) is 0.122. The summed E-state index contributed by atoms with van der Waals surface area (Å²) in [6.07, 6.45) is 1.17. The standard InChI is InChI=1S/C6H11N3O2S2/c1-6(2,13(3,10)11)4-8-5(7)9-12-4/h1-3H3,(H2,7,9). The Kier molecular flexibility index (Phi) is 2.33. The lowest BCUT2D eigenvalue weighted by molar-refractivity contribution is 0.560. The second kappa shape index (κ2) is 2.91. The summed E-state index contributed by atoms with van der Waals surface area (Å²) in [6, 6.07) is 0. The van der Waals surface area contributed by atoms with Crippen molar-refractivity contribution in [1.29, 1.82) is 0 Å². The number of rotatable bonds is 2. The molecule has 0 atom stereocenters. The van der Waals surface area contributed by atoms with Gasteiger partial charge in [0.1, 0.15) is 9.75 Å². The minimum absolute atomic E-state index is 0.122. The lowest BCUT2D eigenvalue weighted by Crippen LogP contribution is -2.27. The Hall–Kier alpha value is -0.690. The van der Waals surface area contributed by atoms with Crippen LogP contribution in [0.1, 0.15) is 18.9 Å². The van der Waals surface area contributed by atoms with Crippen LogP contribution in [0.25, 0.3) is 0 Å². The minimum Gasteiger partial charge on any atom is -0.367 e. The van der Waals surface area contributed by atoms with E-state index in [1.54, 1.807) is 13.8 Å². The van der Waals surface area contributed by atoms with Gasteiger partial charge in [-0.2, -0.15) is 4.37 Å². The predicted molar refractivity (Wildman–Crippen MR) is 52.2 cm³/mol. The molecule has 1 aromatic rings. The molecule has 0 saturated heterocycles. The van der Waals surface area contributed by atoms with Crippen molar-refractivity contribution in [3.8, 4) is 0 Å². The Bertz CT molecular complexity index is 407. The van der Waals surface area contributed by atoms with Crippen molar-refractivity contribution in [2.75, 3.05) is 12.0 Å². The quantitative estimate of drug-likeness (QED) is 0.781. The molecule has 1 aromatic heterocycles. The zero-order chi connectivity index (χ0) is 10.3. The number of nitrogens with two attached hydrogens (primary N) is 1. The molecule has 0 aliphatic carbocycles. The molecule has 74 valence electrons. The number of nitrogen functional groups attached to an aromatic ring is 1. The van der Waals surface area contributed by atoms with Gasteiger partial charge < -0.3 is 5.73 Å². The van der Waals surface area contributed by atoms with Crippen LogP contribution in [0, 0.1) is 0 Å². The van der Waals surface area contributed by atoms with Crippen molar-refractivity contribution in [2.45, 2.75) is 18.6 Å². The average Bonchev–Trinajstić information content (AvgIpc) is 2.33. The van der Waals surface area contributed by atoms with Crippen molar-refractivity contribution in [3.05, 3.63) is 5.01 Å². The summed E-state index contributed by atoms with van der Waals surface area (Å²) < 4.78 is 25.5. The molecule has 1 heterocycles. The largest absolute Gasteiger partial charge is 0.367 e. The van der Waals surface area contributed by atoms with Gasteiger partial charge in [-0.05, 0) is 25.4 Å². The molecule has 0 bridgehead atoms. The molecular formula is C6H11N3O2S2. The fraction of sp³-hybridized carbons (Fsp3) is 0.667.